The molecule has 2 N–H and O–H groups in total. The normalized spacial score (nSPS) is 21.5. The Hall–Kier alpha value is -2.59. The summed E-state index contributed by atoms with van der Waals surface area (Å²) in [5, 5.41) is 4.59. The van der Waals surface area contributed by atoms with Gasteiger partial charge in [-0.25, -0.2) is 9.97 Å². The van der Waals surface area contributed by atoms with Gasteiger partial charge in [0.25, 0.3) is 5.91 Å². The summed E-state index contributed by atoms with van der Waals surface area (Å²) in [5.74, 6) is 3.26. The number of nitrogens with zero attached hydrogens (tertiary/aromatic N) is 3. The lowest BCUT2D eigenvalue weighted by Crippen LogP contribution is -2.44. The van der Waals surface area contributed by atoms with Crippen molar-refractivity contribution in [3.8, 4) is 12.3 Å². The molecule has 26 heavy (non-hydrogen) atoms. The van der Waals surface area contributed by atoms with Gasteiger partial charge in [0.2, 0.25) is 0 Å². The SMILES string of the molecule is C#CC(=O)N1CCC[C@@H](Nc2ncnc3[nH]cc(C4CCOCC4)c23)C1. The van der Waals surface area contributed by atoms with Gasteiger partial charge in [-0.05, 0) is 43.1 Å². The summed E-state index contributed by atoms with van der Waals surface area (Å²) in [4.78, 5) is 25.7. The highest BCUT2D eigenvalue weighted by Crippen LogP contribution is 2.35. The number of aromatic nitrogens is 3. The molecule has 0 bridgehead atoms. The summed E-state index contributed by atoms with van der Waals surface area (Å²) in [6.07, 6.45) is 12.8. The van der Waals surface area contributed by atoms with Crippen molar-refractivity contribution in [1.29, 1.82) is 0 Å². The molecule has 0 saturated carbocycles. The largest absolute Gasteiger partial charge is 0.381 e. The Morgan fingerprint density at radius 3 is 3.00 bits per heavy atom. The fourth-order valence-electron chi connectivity index (χ4n) is 3.99. The third-order valence-electron chi connectivity index (χ3n) is 5.33. The van der Waals surface area contributed by atoms with Crippen LogP contribution in [-0.2, 0) is 9.53 Å². The molecule has 136 valence electrons. The number of anilines is 1. The molecule has 4 rings (SSSR count). The van der Waals surface area contributed by atoms with E-state index in [0.717, 1.165) is 62.3 Å². The smallest absolute Gasteiger partial charge is 0.298 e. The lowest BCUT2D eigenvalue weighted by atomic mass is 9.92. The number of fused-ring (bicyclic) bond motifs is 1. The predicted octanol–water partition coefficient (Wildman–Crippen LogP) is 1.89. The Balaban J connectivity index is 1.59. The highest BCUT2D eigenvalue weighted by molar-refractivity contribution is 5.93. The van der Waals surface area contributed by atoms with E-state index in [2.05, 4.69) is 32.4 Å². The average molecular weight is 353 g/mol. The van der Waals surface area contributed by atoms with Gasteiger partial charge >= 0.3 is 0 Å². The van der Waals surface area contributed by atoms with Crippen molar-refractivity contribution in [3.05, 3.63) is 18.1 Å². The van der Waals surface area contributed by atoms with Crippen molar-refractivity contribution in [2.75, 3.05) is 31.6 Å². The number of ether oxygens (including phenoxy) is 1. The number of rotatable bonds is 3. The number of terminal acetylenes is 1. The van der Waals surface area contributed by atoms with Crippen molar-refractivity contribution in [2.45, 2.75) is 37.6 Å². The minimum Gasteiger partial charge on any atom is -0.381 e. The zero-order chi connectivity index (χ0) is 17.9. The van der Waals surface area contributed by atoms with E-state index in [1.807, 2.05) is 0 Å². The number of nitrogens with one attached hydrogen (secondary N) is 2. The second kappa shape index (κ2) is 7.34. The first-order valence-corrected chi connectivity index (χ1v) is 9.18. The number of carbonyl (C=O) groups excluding carboxylic acids is 1. The highest BCUT2D eigenvalue weighted by Gasteiger charge is 2.26. The first-order chi connectivity index (χ1) is 12.8. The maximum Gasteiger partial charge on any atom is 0.298 e. The number of likely N-dealkylation sites (tertiary alicyclic amines) is 1. The lowest BCUT2D eigenvalue weighted by molar-refractivity contribution is -0.126. The minimum absolute atomic E-state index is 0.136. The maximum absolute atomic E-state index is 11.8. The van der Waals surface area contributed by atoms with Crippen LogP contribution in [0.3, 0.4) is 0 Å². The van der Waals surface area contributed by atoms with E-state index in [9.17, 15) is 4.79 Å². The van der Waals surface area contributed by atoms with Crippen LogP contribution in [0.1, 0.15) is 37.2 Å². The van der Waals surface area contributed by atoms with Crippen LogP contribution in [0.25, 0.3) is 11.0 Å². The quantitative estimate of drug-likeness (QED) is 0.824. The summed E-state index contributed by atoms with van der Waals surface area (Å²) in [7, 11) is 0. The van der Waals surface area contributed by atoms with Crippen molar-refractivity contribution < 1.29 is 9.53 Å². The first-order valence-electron chi connectivity index (χ1n) is 9.18. The number of amides is 1. The molecular formula is C19H23N5O2. The molecule has 0 unspecified atom stereocenters. The van der Waals surface area contributed by atoms with Crippen LogP contribution in [0.2, 0.25) is 0 Å². The van der Waals surface area contributed by atoms with Gasteiger partial charge in [-0.15, -0.1) is 6.42 Å². The number of carbonyl (C=O) groups is 1. The van der Waals surface area contributed by atoms with Crippen LogP contribution < -0.4 is 5.32 Å². The molecule has 2 aliphatic heterocycles. The summed E-state index contributed by atoms with van der Waals surface area (Å²) < 4.78 is 5.50. The van der Waals surface area contributed by atoms with Gasteiger partial charge in [-0.1, -0.05) is 0 Å². The number of hydrogen-bond donors (Lipinski definition) is 2. The molecule has 2 aromatic heterocycles. The van der Waals surface area contributed by atoms with E-state index in [1.165, 1.54) is 5.56 Å². The molecule has 1 atom stereocenters. The van der Waals surface area contributed by atoms with Gasteiger partial charge in [0, 0.05) is 38.5 Å². The second-order valence-corrected chi connectivity index (χ2v) is 6.96. The van der Waals surface area contributed by atoms with Gasteiger partial charge in [0.1, 0.15) is 17.8 Å². The number of aromatic amines is 1. The zero-order valence-electron chi connectivity index (χ0n) is 14.7. The third kappa shape index (κ3) is 3.25. The topological polar surface area (TPSA) is 83.1 Å². The van der Waals surface area contributed by atoms with Crippen LogP contribution in [0.15, 0.2) is 12.5 Å². The molecule has 0 spiro atoms. The Morgan fingerprint density at radius 2 is 2.19 bits per heavy atom. The van der Waals surface area contributed by atoms with Crippen LogP contribution in [-0.4, -0.2) is 58.1 Å². The Kier molecular flexibility index (Phi) is 4.76. The van der Waals surface area contributed by atoms with Gasteiger partial charge in [0.05, 0.1) is 5.39 Å². The number of H-pyrrole nitrogens is 1. The van der Waals surface area contributed by atoms with Crippen LogP contribution in [0, 0.1) is 12.3 Å². The lowest BCUT2D eigenvalue weighted by Gasteiger charge is -2.32. The average Bonchev–Trinajstić information content (AvgIpc) is 3.13. The van der Waals surface area contributed by atoms with Crippen molar-refractivity contribution >= 4 is 22.8 Å². The summed E-state index contributed by atoms with van der Waals surface area (Å²) in [6.45, 7) is 2.91. The molecule has 0 radical (unpaired) electrons. The molecule has 1 amide bonds. The number of hydrogen-bond acceptors (Lipinski definition) is 5. The molecule has 7 heteroatoms. The highest BCUT2D eigenvalue weighted by atomic mass is 16.5. The standard InChI is InChI=1S/C19H23N5O2/c1-2-16(25)24-7-3-4-14(11-24)23-19-17-15(13-5-8-26-9-6-13)10-20-18(17)21-12-22-19/h1,10,12-14H,3-9,11H2,(H2,20,21,22,23)/t14-/m1/s1. The summed E-state index contributed by atoms with van der Waals surface area (Å²) >= 11 is 0. The van der Waals surface area contributed by atoms with Gasteiger partial charge < -0.3 is 19.9 Å². The molecular weight excluding hydrogens is 330 g/mol. The Labute approximate surface area is 152 Å². The summed E-state index contributed by atoms with van der Waals surface area (Å²) in [5.41, 5.74) is 2.09. The van der Waals surface area contributed by atoms with Crippen LogP contribution >= 0.6 is 0 Å². The maximum atomic E-state index is 11.8. The molecule has 2 saturated heterocycles. The van der Waals surface area contributed by atoms with Crippen LogP contribution in [0.5, 0.6) is 0 Å². The van der Waals surface area contributed by atoms with E-state index in [4.69, 9.17) is 11.2 Å². The second-order valence-electron chi connectivity index (χ2n) is 6.96. The molecule has 0 aliphatic carbocycles. The fraction of sp³-hybridized carbons (Fsp3) is 0.526. The van der Waals surface area contributed by atoms with Gasteiger partial charge in [-0.2, -0.15) is 0 Å². The zero-order valence-corrected chi connectivity index (χ0v) is 14.7. The van der Waals surface area contributed by atoms with E-state index in [0.29, 0.717) is 12.5 Å². The Bertz CT molecular complexity index is 834. The van der Waals surface area contributed by atoms with E-state index < -0.39 is 0 Å². The minimum atomic E-state index is -0.242. The molecule has 2 aliphatic rings. The van der Waals surface area contributed by atoms with E-state index >= 15 is 0 Å². The molecule has 2 aromatic rings. The molecule has 4 heterocycles. The van der Waals surface area contributed by atoms with Crippen molar-refractivity contribution in [1.82, 2.24) is 19.9 Å². The molecule has 0 aromatic carbocycles. The number of piperidine rings is 1. The summed E-state index contributed by atoms with van der Waals surface area (Å²) in [6, 6.07) is 0.136. The Morgan fingerprint density at radius 1 is 1.35 bits per heavy atom. The van der Waals surface area contributed by atoms with Gasteiger partial charge in [0.15, 0.2) is 0 Å². The fourth-order valence-corrected chi connectivity index (χ4v) is 3.99. The third-order valence-corrected chi connectivity index (χ3v) is 5.33. The van der Waals surface area contributed by atoms with E-state index in [-0.39, 0.29) is 11.9 Å². The molecule has 2 fully saturated rings. The first kappa shape index (κ1) is 16.9. The van der Waals surface area contributed by atoms with Crippen molar-refractivity contribution in [2.24, 2.45) is 0 Å². The van der Waals surface area contributed by atoms with Gasteiger partial charge in [-0.3, -0.25) is 4.79 Å². The van der Waals surface area contributed by atoms with Crippen molar-refractivity contribution in [3.63, 3.8) is 0 Å². The predicted molar refractivity (Wildman–Crippen MR) is 98.7 cm³/mol. The van der Waals surface area contributed by atoms with Crippen LogP contribution in [0.4, 0.5) is 5.82 Å². The monoisotopic (exact) mass is 353 g/mol. The molecule has 7 nitrogen and oxygen atoms in total. The van der Waals surface area contributed by atoms with E-state index in [1.54, 1.807) is 11.2 Å².